The average molecular weight is 364 g/mol. The van der Waals surface area contributed by atoms with Gasteiger partial charge in [-0.3, -0.25) is 9.69 Å². The van der Waals surface area contributed by atoms with Crippen molar-refractivity contribution in [2.24, 2.45) is 5.92 Å². The number of ether oxygens (including phenoxy) is 1. The summed E-state index contributed by atoms with van der Waals surface area (Å²) in [5.74, 6) is -0.230. The largest absolute Gasteiger partial charge is 0.447 e. The molecule has 2 heterocycles. The number of carbonyl (C=O) groups is 2. The van der Waals surface area contributed by atoms with Gasteiger partial charge in [0, 0.05) is 13.1 Å². The quantitative estimate of drug-likeness (QED) is 0.818. The molecule has 140 valence electrons. The Balaban J connectivity index is 1.39. The molecular weight excluding hydrogens is 340 g/mol. The molecule has 5 heteroatoms. The summed E-state index contributed by atoms with van der Waals surface area (Å²) in [7, 11) is 0. The molecule has 5 nitrogen and oxygen atoms in total. The van der Waals surface area contributed by atoms with Crippen LogP contribution >= 0.6 is 0 Å². The lowest BCUT2D eigenvalue weighted by molar-refractivity contribution is -0.133. The molecule has 2 aromatic carbocycles. The van der Waals surface area contributed by atoms with Crippen LogP contribution in [0.1, 0.15) is 17.5 Å². The minimum Gasteiger partial charge on any atom is -0.447 e. The molecule has 2 atom stereocenters. The van der Waals surface area contributed by atoms with Crippen LogP contribution in [0.2, 0.25) is 0 Å². The third kappa shape index (κ3) is 4.03. The van der Waals surface area contributed by atoms with Crippen molar-refractivity contribution in [1.82, 2.24) is 9.80 Å². The maximum atomic E-state index is 13.1. The Kier molecular flexibility index (Phi) is 5.21. The number of amides is 2. The molecule has 2 fully saturated rings. The van der Waals surface area contributed by atoms with Gasteiger partial charge in [0.1, 0.15) is 6.61 Å². The van der Waals surface area contributed by atoms with Gasteiger partial charge in [0.25, 0.3) is 0 Å². The molecule has 2 unspecified atom stereocenters. The third-order valence-electron chi connectivity index (χ3n) is 5.38. The smallest absolute Gasteiger partial charge is 0.416 e. The molecule has 2 aliphatic heterocycles. The van der Waals surface area contributed by atoms with Gasteiger partial charge < -0.3 is 4.74 Å². The van der Waals surface area contributed by atoms with Crippen LogP contribution < -0.4 is 0 Å². The van der Waals surface area contributed by atoms with Crippen molar-refractivity contribution < 1.29 is 14.3 Å². The van der Waals surface area contributed by atoms with Crippen molar-refractivity contribution >= 4 is 12.0 Å². The molecule has 2 saturated heterocycles. The summed E-state index contributed by atoms with van der Waals surface area (Å²) in [6.07, 6.45) is 0.925. The summed E-state index contributed by atoms with van der Waals surface area (Å²) in [5.41, 5.74) is 2.35. The van der Waals surface area contributed by atoms with Crippen LogP contribution in [-0.2, 0) is 22.5 Å². The first-order valence-corrected chi connectivity index (χ1v) is 9.51. The number of imide groups is 1. The lowest BCUT2D eigenvalue weighted by Gasteiger charge is -2.23. The van der Waals surface area contributed by atoms with Gasteiger partial charge in [0.15, 0.2) is 0 Å². The minimum absolute atomic E-state index is 0.0889. The number of cyclic esters (lactones) is 1. The predicted octanol–water partition coefficient (Wildman–Crippen LogP) is 3.10. The first-order valence-electron chi connectivity index (χ1n) is 9.51. The first kappa shape index (κ1) is 17.7. The summed E-state index contributed by atoms with van der Waals surface area (Å²) in [6, 6.07) is 20.0. The maximum Gasteiger partial charge on any atom is 0.416 e. The molecule has 0 spiro atoms. The van der Waals surface area contributed by atoms with Gasteiger partial charge in [-0.1, -0.05) is 60.7 Å². The molecule has 2 aliphatic rings. The van der Waals surface area contributed by atoms with Gasteiger partial charge in [0.2, 0.25) is 5.91 Å². The van der Waals surface area contributed by atoms with E-state index in [2.05, 4.69) is 17.0 Å². The van der Waals surface area contributed by atoms with E-state index in [1.807, 2.05) is 48.5 Å². The highest BCUT2D eigenvalue weighted by Crippen LogP contribution is 2.25. The lowest BCUT2D eigenvalue weighted by atomic mass is 10.0. The molecule has 0 bridgehead atoms. The Hall–Kier alpha value is -2.66. The molecule has 0 aromatic heterocycles. The Bertz CT molecular complexity index is 794. The van der Waals surface area contributed by atoms with Crippen LogP contribution in [0.15, 0.2) is 60.7 Å². The zero-order valence-electron chi connectivity index (χ0n) is 15.3. The molecule has 0 saturated carbocycles. The van der Waals surface area contributed by atoms with Gasteiger partial charge in [0.05, 0.1) is 12.0 Å². The summed E-state index contributed by atoms with van der Waals surface area (Å²) < 4.78 is 5.21. The number of hydrogen-bond acceptors (Lipinski definition) is 4. The Morgan fingerprint density at radius 1 is 1.00 bits per heavy atom. The van der Waals surface area contributed by atoms with Crippen molar-refractivity contribution in [1.29, 1.82) is 0 Å². The van der Waals surface area contributed by atoms with Gasteiger partial charge in [-0.15, -0.1) is 0 Å². The van der Waals surface area contributed by atoms with Crippen LogP contribution in [-0.4, -0.2) is 47.5 Å². The molecule has 0 aliphatic carbocycles. The van der Waals surface area contributed by atoms with Crippen molar-refractivity contribution in [3.63, 3.8) is 0 Å². The highest BCUT2D eigenvalue weighted by atomic mass is 16.6. The van der Waals surface area contributed by atoms with Crippen LogP contribution in [0.25, 0.3) is 0 Å². The zero-order chi connectivity index (χ0) is 18.6. The normalized spacial score (nSPS) is 22.8. The van der Waals surface area contributed by atoms with Crippen molar-refractivity contribution in [2.45, 2.75) is 25.4 Å². The van der Waals surface area contributed by atoms with Crippen molar-refractivity contribution in [3.8, 4) is 0 Å². The second-order valence-corrected chi connectivity index (χ2v) is 7.34. The van der Waals surface area contributed by atoms with Crippen LogP contribution in [0.3, 0.4) is 0 Å². The minimum atomic E-state index is -0.498. The average Bonchev–Trinajstić information content (AvgIpc) is 3.30. The molecule has 0 N–H and O–H groups in total. The van der Waals surface area contributed by atoms with Crippen LogP contribution in [0.4, 0.5) is 4.79 Å². The summed E-state index contributed by atoms with van der Waals surface area (Å²) in [6.45, 7) is 2.68. The first-order chi connectivity index (χ1) is 13.2. The Labute approximate surface area is 159 Å². The van der Waals surface area contributed by atoms with Gasteiger partial charge in [-0.05, 0) is 30.5 Å². The highest BCUT2D eigenvalue weighted by molar-refractivity contribution is 5.95. The highest BCUT2D eigenvalue weighted by Gasteiger charge is 2.42. The Morgan fingerprint density at radius 3 is 2.37 bits per heavy atom. The standard InChI is InChI=1S/C22H24N2O3/c25-21(19-11-12-23(15-19)14-18-9-5-2-6-10-18)24-20(16-27-22(24)26)13-17-7-3-1-4-8-17/h1-10,19-20H,11-16H2. The van der Waals surface area contributed by atoms with E-state index in [-0.39, 0.29) is 24.5 Å². The fraction of sp³-hybridized carbons (Fsp3) is 0.364. The van der Waals surface area contributed by atoms with E-state index in [1.54, 1.807) is 0 Å². The van der Waals surface area contributed by atoms with E-state index in [9.17, 15) is 9.59 Å². The van der Waals surface area contributed by atoms with E-state index < -0.39 is 6.09 Å². The van der Waals surface area contributed by atoms with E-state index in [4.69, 9.17) is 4.74 Å². The lowest BCUT2D eigenvalue weighted by Crippen LogP contribution is -2.44. The molecule has 4 rings (SSSR count). The number of nitrogens with zero attached hydrogens (tertiary/aromatic N) is 2. The zero-order valence-corrected chi connectivity index (χ0v) is 15.3. The van der Waals surface area contributed by atoms with E-state index in [0.717, 1.165) is 25.1 Å². The van der Waals surface area contributed by atoms with Crippen LogP contribution in [0.5, 0.6) is 0 Å². The second kappa shape index (κ2) is 7.92. The molecule has 2 amide bonds. The van der Waals surface area contributed by atoms with Gasteiger partial charge >= 0.3 is 6.09 Å². The van der Waals surface area contributed by atoms with Crippen LogP contribution in [0, 0.1) is 5.92 Å². The third-order valence-corrected chi connectivity index (χ3v) is 5.38. The predicted molar refractivity (Wildman–Crippen MR) is 102 cm³/mol. The maximum absolute atomic E-state index is 13.1. The topological polar surface area (TPSA) is 49.9 Å². The fourth-order valence-corrected chi connectivity index (χ4v) is 3.98. The van der Waals surface area contributed by atoms with E-state index >= 15 is 0 Å². The second-order valence-electron chi connectivity index (χ2n) is 7.34. The van der Waals surface area contributed by atoms with Crippen molar-refractivity contribution in [2.75, 3.05) is 19.7 Å². The summed E-state index contributed by atoms with van der Waals surface area (Å²) >= 11 is 0. The number of carbonyl (C=O) groups excluding carboxylic acids is 2. The number of hydrogen-bond donors (Lipinski definition) is 0. The van der Waals surface area contributed by atoms with E-state index in [1.165, 1.54) is 10.5 Å². The van der Waals surface area contributed by atoms with E-state index in [0.29, 0.717) is 13.0 Å². The summed E-state index contributed by atoms with van der Waals surface area (Å²) in [4.78, 5) is 28.9. The monoisotopic (exact) mass is 364 g/mol. The molecule has 0 radical (unpaired) electrons. The molecular formula is C22H24N2O3. The number of rotatable bonds is 5. The molecule has 27 heavy (non-hydrogen) atoms. The summed E-state index contributed by atoms with van der Waals surface area (Å²) in [5, 5.41) is 0. The Morgan fingerprint density at radius 2 is 1.67 bits per heavy atom. The van der Waals surface area contributed by atoms with Gasteiger partial charge in [-0.25, -0.2) is 9.69 Å². The van der Waals surface area contributed by atoms with Crippen molar-refractivity contribution in [3.05, 3.63) is 71.8 Å². The molecule has 2 aromatic rings. The fourth-order valence-electron chi connectivity index (χ4n) is 3.98. The SMILES string of the molecule is O=C1OCC(Cc2ccccc2)N1C(=O)C1CCN(Cc2ccccc2)C1. The number of benzene rings is 2. The number of likely N-dealkylation sites (tertiary alicyclic amines) is 1. The van der Waals surface area contributed by atoms with Gasteiger partial charge in [-0.2, -0.15) is 0 Å².